The van der Waals surface area contributed by atoms with E-state index in [0.29, 0.717) is 0 Å². The number of hydrogen-bond donors (Lipinski definition) is 0. The number of carbonyl (C=O) groups excluding carboxylic acids is 1. The molecule has 0 fully saturated rings. The van der Waals surface area contributed by atoms with Crippen LogP contribution >= 0.6 is 0 Å². The number of Topliss-reactive ketones (excluding diaryl/α,β-unsaturated/α-hetero) is 1. The van der Waals surface area contributed by atoms with Crippen molar-refractivity contribution >= 4 is 5.78 Å². The predicted octanol–water partition coefficient (Wildman–Crippen LogP) is 2.13. The van der Waals surface area contributed by atoms with Gasteiger partial charge in [-0.2, -0.15) is 18.3 Å². The first-order valence-electron chi connectivity index (χ1n) is 4.44. The van der Waals surface area contributed by atoms with Crippen LogP contribution in [0.1, 0.15) is 19.5 Å². The van der Waals surface area contributed by atoms with Gasteiger partial charge in [-0.05, 0) is 6.07 Å². The van der Waals surface area contributed by atoms with Gasteiger partial charge in [0, 0.05) is 12.1 Å². The van der Waals surface area contributed by atoms with Crippen molar-refractivity contribution in [1.29, 1.82) is 0 Å². The van der Waals surface area contributed by atoms with Crippen LogP contribution in [0.4, 0.5) is 13.2 Å². The molecule has 0 saturated carbocycles. The van der Waals surface area contributed by atoms with Gasteiger partial charge in [0.15, 0.2) is 11.5 Å². The Labute approximate surface area is 84.9 Å². The van der Waals surface area contributed by atoms with Gasteiger partial charge in [-0.3, -0.25) is 9.48 Å². The van der Waals surface area contributed by atoms with Crippen LogP contribution < -0.4 is 0 Å². The van der Waals surface area contributed by atoms with Crippen LogP contribution in [-0.2, 0) is 17.5 Å². The maximum Gasteiger partial charge on any atom is 0.435 e. The Morgan fingerprint density at radius 2 is 2.13 bits per heavy atom. The van der Waals surface area contributed by atoms with Gasteiger partial charge in [-0.1, -0.05) is 13.8 Å². The quantitative estimate of drug-likeness (QED) is 0.782. The summed E-state index contributed by atoms with van der Waals surface area (Å²) in [6.45, 7) is 3.26. The van der Waals surface area contributed by atoms with Crippen LogP contribution in [0.2, 0.25) is 0 Å². The van der Waals surface area contributed by atoms with E-state index in [1.165, 1.54) is 0 Å². The molecule has 0 unspecified atom stereocenters. The third-order valence-corrected chi connectivity index (χ3v) is 1.89. The molecule has 0 amide bonds. The molecule has 0 radical (unpaired) electrons. The fraction of sp³-hybridized carbons (Fsp3) is 0.556. The Morgan fingerprint density at radius 3 is 2.53 bits per heavy atom. The molecule has 0 aliphatic heterocycles. The second-order valence-corrected chi connectivity index (χ2v) is 3.52. The molecule has 3 nitrogen and oxygen atoms in total. The van der Waals surface area contributed by atoms with Gasteiger partial charge in [0.05, 0.1) is 6.54 Å². The standard InChI is InChI=1S/C9H11F3N2O/c1-6(2)7(15)5-14-4-3-8(13-14)9(10,11)12/h3-4,6H,5H2,1-2H3. The molecule has 0 N–H and O–H groups in total. The molecule has 0 spiro atoms. The molecular weight excluding hydrogens is 209 g/mol. The second-order valence-electron chi connectivity index (χ2n) is 3.52. The van der Waals surface area contributed by atoms with Crippen LogP contribution in [0.15, 0.2) is 12.3 Å². The largest absolute Gasteiger partial charge is 0.435 e. The summed E-state index contributed by atoms with van der Waals surface area (Å²) in [6.07, 6.45) is -3.30. The zero-order valence-electron chi connectivity index (χ0n) is 8.38. The van der Waals surface area contributed by atoms with Crippen molar-refractivity contribution in [2.45, 2.75) is 26.6 Å². The Balaban J connectivity index is 2.73. The molecule has 6 heteroatoms. The normalized spacial score (nSPS) is 12.1. The van der Waals surface area contributed by atoms with Crippen molar-refractivity contribution < 1.29 is 18.0 Å². The molecule has 0 atom stereocenters. The lowest BCUT2D eigenvalue weighted by Crippen LogP contribution is -2.17. The summed E-state index contributed by atoms with van der Waals surface area (Å²) in [4.78, 5) is 11.2. The summed E-state index contributed by atoms with van der Waals surface area (Å²) in [7, 11) is 0. The zero-order valence-corrected chi connectivity index (χ0v) is 8.38. The third kappa shape index (κ3) is 3.07. The fourth-order valence-corrected chi connectivity index (χ4v) is 0.943. The third-order valence-electron chi connectivity index (χ3n) is 1.89. The van der Waals surface area contributed by atoms with E-state index in [2.05, 4.69) is 5.10 Å². The highest BCUT2D eigenvalue weighted by Gasteiger charge is 2.33. The second kappa shape index (κ2) is 4.04. The highest BCUT2D eigenvalue weighted by atomic mass is 19.4. The lowest BCUT2D eigenvalue weighted by Gasteiger charge is -2.04. The minimum absolute atomic E-state index is 0.117. The van der Waals surface area contributed by atoms with Gasteiger partial charge in [0.2, 0.25) is 0 Å². The molecule has 0 aliphatic carbocycles. The summed E-state index contributed by atoms with van der Waals surface area (Å²) in [6, 6.07) is 0.855. The minimum Gasteiger partial charge on any atom is -0.297 e. The molecule has 0 bridgehead atoms. The SMILES string of the molecule is CC(C)C(=O)Cn1ccc(C(F)(F)F)n1. The van der Waals surface area contributed by atoms with Crippen molar-refractivity contribution in [2.24, 2.45) is 5.92 Å². The van der Waals surface area contributed by atoms with E-state index in [1.807, 2.05) is 0 Å². The summed E-state index contributed by atoms with van der Waals surface area (Å²) >= 11 is 0. The van der Waals surface area contributed by atoms with Gasteiger partial charge in [-0.15, -0.1) is 0 Å². The van der Waals surface area contributed by atoms with E-state index >= 15 is 0 Å². The lowest BCUT2D eigenvalue weighted by atomic mass is 10.1. The molecule has 0 aromatic carbocycles. The van der Waals surface area contributed by atoms with Crippen LogP contribution in [0, 0.1) is 5.92 Å². The lowest BCUT2D eigenvalue weighted by molar-refractivity contribution is -0.141. The molecule has 84 valence electrons. The first-order chi connectivity index (χ1) is 6.80. The van der Waals surface area contributed by atoms with E-state index in [9.17, 15) is 18.0 Å². The van der Waals surface area contributed by atoms with Crippen molar-refractivity contribution in [2.75, 3.05) is 0 Å². The number of rotatable bonds is 3. The van der Waals surface area contributed by atoms with E-state index < -0.39 is 11.9 Å². The van der Waals surface area contributed by atoms with Crippen LogP contribution in [0.25, 0.3) is 0 Å². The Hall–Kier alpha value is -1.33. The minimum atomic E-state index is -4.45. The molecule has 1 heterocycles. The van der Waals surface area contributed by atoms with Crippen molar-refractivity contribution in [3.8, 4) is 0 Å². The molecule has 15 heavy (non-hydrogen) atoms. The number of nitrogens with zero attached hydrogens (tertiary/aromatic N) is 2. The average Bonchev–Trinajstić information content (AvgIpc) is 2.51. The molecule has 1 aromatic heterocycles. The topological polar surface area (TPSA) is 34.9 Å². The number of aromatic nitrogens is 2. The number of carbonyl (C=O) groups is 1. The summed E-state index contributed by atoms with van der Waals surface area (Å²) in [5.74, 6) is -0.352. The van der Waals surface area contributed by atoms with Crippen molar-refractivity contribution in [3.05, 3.63) is 18.0 Å². The highest BCUT2D eigenvalue weighted by Crippen LogP contribution is 2.27. The number of hydrogen-bond acceptors (Lipinski definition) is 2. The Morgan fingerprint density at radius 1 is 1.53 bits per heavy atom. The predicted molar refractivity (Wildman–Crippen MR) is 47.1 cm³/mol. The molecular formula is C9H11F3N2O. The number of halogens is 3. The van der Waals surface area contributed by atoms with Gasteiger partial charge in [0.1, 0.15) is 0 Å². The van der Waals surface area contributed by atoms with Gasteiger partial charge >= 0.3 is 6.18 Å². The Kier molecular flexibility index (Phi) is 3.16. The van der Waals surface area contributed by atoms with Crippen molar-refractivity contribution in [3.63, 3.8) is 0 Å². The summed E-state index contributed by atoms with van der Waals surface area (Å²) < 4.78 is 37.4. The Bertz CT molecular complexity index is 354. The monoisotopic (exact) mass is 220 g/mol. The van der Waals surface area contributed by atoms with Crippen LogP contribution in [0.3, 0.4) is 0 Å². The van der Waals surface area contributed by atoms with Crippen LogP contribution in [-0.4, -0.2) is 15.6 Å². The fourth-order valence-electron chi connectivity index (χ4n) is 0.943. The number of alkyl halides is 3. The molecule has 1 aromatic rings. The van der Waals surface area contributed by atoms with Crippen molar-refractivity contribution in [1.82, 2.24) is 9.78 Å². The molecule has 0 aliphatic rings. The van der Waals surface area contributed by atoms with E-state index in [4.69, 9.17) is 0 Å². The van der Waals surface area contributed by atoms with E-state index in [0.717, 1.165) is 16.9 Å². The smallest absolute Gasteiger partial charge is 0.297 e. The van der Waals surface area contributed by atoms with Gasteiger partial charge in [-0.25, -0.2) is 0 Å². The zero-order chi connectivity index (χ0) is 11.6. The first-order valence-corrected chi connectivity index (χ1v) is 4.44. The van der Waals surface area contributed by atoms with E-state index in [-0.39, 0.29) is 18.2 Å². The maximum atomic E-state index is 12.1. The maximum absolute atomic E-state index is 12.1. The molecule has 1 rings (SSSR count). The van der Waals surface area contributed by atoms with Gasteiger partial charge in [0.25, 0.3) is 0 Å². The molecule has 0 saturated heterocycles. The van der Waals surface area contributed by atoms with Crippen LogP contribution in [0.5, 0.6) is 0 Å². The average molecular weight is 220 g/mol. The van der Waals surface area contributed by atoms with E-state index in [1.54, 1.807) is 13.8 Å². The first kappa shape index (κ1) is 11.7. The summed E-state index contributed by atoms with van der Waals surface area (Å²) in [5.41, 5.74) is -0.973. The number of ketones is 1. The highest BCUT2D eigenvalue weighted by molar-refractivity contribution is 5.79. The van der Waals surface area contributed by atoms with Gasteiger partial charge < -0.3 is 0 Å². The summed E-state index contributed by atoms with van der Waals surface area (Å²) in [5, 5.41) is 3.27.